The number of phenols is 2. The van der Waals surface area contributed by atoms with Gasteiger partial charge in [0.25, 0.3) is 0 Å². The molecule has 0 unspecified atom stereocenters. The second-order valence-electron chi connectivity index (χ2n) is 11.4. The molecule has 0 aliphatic rings. The van der Waals surface area contributed by atoms with Crippen LogP contribution in [-0.4, -0.2) is 10.2 Å². The van der Waals surface area contributed by atoms with Gasteiger partial charge in [-0.1, -0.05) is 48.5 Å². The van der Waals surface area contributed by atoms with Gasteiger partial charge >= 0.3 is 0 Å². The van der Waals surface area contributed by atoms with Gasteiger partial charge in [0.1, 0.15) is 41.6 Å². The number of aromatic hydroxyl groups is 2. The first-order valence-electron chi connectivity index (χ1n) is 15.5. The molecule has 0 fully saturated rings. The average molecular weight is 628 g/mol. The van der Waals surface area contributed by atoms with E-state index in [1.165, 1.54) is 0 Å². The van der Waals surface area contributed by atoms with Crippen molar-refractivity contribution in [3.8, 4) is 11.5 Å². The maximum absolute atomic E-state index is 10.3. The number of hydrogen-bond donors (Lipinski definition) is 5. The molecular weight excluding hydrogens is 590 g/mol. The highest BCUT2D eigenvalue weighted by atomic mass is 16.3. The molecule has 236 valence electrons. The van der Waals surface area contributed by atoms with E-state index in [0.717, 1.165) is 54.9 Å². The van der Waals surface area contributed by atoms with Gasteiger partial charge in [0.15, 0.2) is 30.5 Å². The fraction of sp³-hybridized carbons (Fsp3) is 0.167. The first-order valence-corrected chi connectivity index (χ1v) is 15.5. The van der Waals surface area contributed by atoms with Crippen molar-refractivity contribution in [1.29, 1.82) is 0 Å². The quantitative estimate of drug-likeness (QED) is 0.0323. The summed E-state index contributed by atoms with van der Waals surface area (Å²) < 4.78 is 4.27. The van der Waals surface area contributed by atoms with E-state index in [9.17, 15) is 10.2 Å². The number of rotatable bonds is 11. The molecule has 0 radical (unpaired) electrons. The lowest BCUT2D eigenvalue weighted by atomic mass is 10.0. The standard InChI is InChI=1S/C36H35N9O2/c37-31-28-11-5-6-12-29(28)35(33(39)36(31)47)43-41-26-15-21-45(22-16-26)18-8-2-1-7-17-44-19-13-25(14-20-44)40-42-34-27-10-4-3-9-24(27)23-30(46)32(34)38/h3-6,9-16,19-23H,1-2,7-8,17-18H2,(H6,37,38,39,42,43,46,47)/p+2. The van der Waals surface area contributed by atoms with Gasteiger partial charge in [-0.25, -0.2) is 9.13 Å². The molecule has 2 aromatic heterocycles. The second kappa shape index (κ2) is 13.9. The summed E-state index contributed by atoms with van der Waals surface area (Å²) >= 11 is 0. The smallest absolute Gasteiger partial charge is 0.171 e. The Labute approximate surface area is 272 Å². The lowest BCUT2D eigenvalue weighted by Gasteiger charge is -2.10. The van der Waals surface area contributed by atoms with E-state index in [1.807, 2.05) is 97.6 Å². The number of aryl methyl sites for hydroxylation is 2. The van der Waals surface area contributed by atoms with Crippen molar-refractivity contribution in [2.24, 2.45) is 20.5 Å². The Morgan fingerprint density at radius 3 is 1.57 bits per heavy atom. The van der Waals surface area contributed by atoms with Gasteiger partial charge in [0.05, 0.1) is 17.1 Å². The van der Waals surface area contributed by atoms with E-state index in [4.69, 9.17) is 17.2 Å². The SMILES string of the molecule is Nc1c(O)cc2ccccc2c1N=Nc1cc[n+](CCCCCC[n+]2ccc(N=Nc3c(N)c(O)c(N)c4ccccc34)cc2)cc1. The summed E-state index contributed by atoms with van der Waals surface area (Å²) in [4.78, 5) is 0. The number of nitrogens with zero attached hydrogens (tertiary/aromatic N) is 6. The largest absolute Gasteiger partial charge is 0.506 e. The third-order valence-electron chi connectivity index (χ3n) is 8.14. The summed E-state index contributed by atoms with van der Waals surface area (Å²) in [6.07, 6.45) is 12.3. The summed E-state index contributed by atoms with van der Waals surface area (Å²) in [5.41, 5.74) is 21.0. The Bertz CT molecular complexity index is 2090. The molecule has 0 atom stereocenters. The van der Waals surface area contributed by atoms with Gasteiger partial charge in [-0.15, -0.1) is 10.2 Å². The van der Waals surface area contributed by atoms with E-state index in [0.29, 0.717) is 28.1 Å². The lowest BCUT2D eigenvalue weighted by Crippen LogP contribution is -2.33. The molecule has 47 heavy (non-hydrogen) atoms. The summed E-state index contributed by atoms with van der Waals surface area (Å²) in [5.74, 6) is -0.178. The fourth-order valence-corrected chi connectivity index (χ4v) is 5.49. The molecule has 0 spiro atoms. The van der Waals surface area contributed by atoms with Crippen molar-refractivity contribution in [2.45, 2.75) is 38.8 Å². The van der Waals surface area contributed by atoms with Gasteiger partial charge in [-0.2, -0.15) is 10.2 Å². The fourth-order valence-electron chi connectivity index (χ4n) is 5.49. The van der Waals surface area contributed by atoms with Crippen molar-refractivity contribution in [2.75, 3.05) is 17.2 Å². The summed E-state index contributed by atoms with van der Waals surface area (Å²) in [5, 5.41) is 41.1. The minimum atomic E-state index is -0.176. The summed E-state index contributed by atoms with van der Waals surface area (Å²) in [6, 6.07) is 24.3. The number of phenolic OH excluding ortho intramolecular Hbond substituents is 2. The molecule has 0 bridgehead atoms. The van der Waals surface area contributed by atoms with Crippen molar-refractivity contribution >= 4 is 61.4 Å². The van der Waals surface area contributed by atoms with Crippen LogP contribution in [0.1, 0.15) is 25.7 Å². The van der Waals surface area contributed by atoms with Crippen LogP contribution in [0.15, 0.2) is 124 Å². The molecule has 4 aromatic carbocycles. The number of hydrogen-bond acceptors (Lipinski definition) is 9. The topological polar surface area (TPSA) is 176 Å². The van der Waals surface area contributed by atoms with E-state index in [2.05, 4.69) is 29.6 Å². The van der Waals surface area contributed by atoms with E-state index >= 15 is 0 Å². The zero-order chi connectivity index (χ0) is 32.8. The molecule has 0 saturated heterocycles. The Morgan fingerprint density at radius 2 is 1.00 bits per heavy atom. The third-order valence-corrected chi connectivity index (χ3v) is 8.14. The number of azo groups is 2. The Balaban J connectivity index is 0.956. The van der Waals surface area contributed by atoms with Crippen LogP contribution in [0.25, 0.3) is 21.5 Å². The Hall–Kier alpha value is -6.10. The molecule has 0 amide bonds. The lowest BCUT2D eigenvalue weighted by molar-refractivity contribution is -0.698. The maximum atomic E-state index is 10.3. The number of pyridine rings is 2. The minimum absolute atomic E-state index is 0.00264. The van der Waals surface area contributed by atoms with Gasteiger partial charge < -0.3 is 27.4 Å². The molecule has 11 nitrogen and oxygen atoms in total. The van der Waals surface area contributed by atoms with E-state index in [-0.39, 0.29) is 28.6 Å². The molecule has 0 aliphatic carbocycles. The van der Waals surface area contributed by atoms with Crippen LogP contribution in [0.3, 0.4) is 0 Å². The first kappa shape index (κ1) is 30.9. The van der Waals surface area contributed by atoms with Crippen molar-refractivity contribution in [3.05, 3.63) is 104 Å². The monoisotopic (exact) mass is 627 g/mol. The maximum Gasteiger partial charge on any atom is 0.171 e. The highest BCUT2D eigenvalue weighted by molar-refractivity contribution is 6.08. The van der Waals surface area contributed by atoms with Crippen molar-refractivity contribution < 1.29 is 19.3 Å². The molecule has 0 aliphatic heterocycles. The number of aromatic nitrogens is 2. The van der Waals surface area contributed by atoms with E-state index in [1.54, 1.807) is 6.07 Å². The van der Waals surface area contributed by atoms with Crippen LogP contribution in [0.5, 0.6) is 11.5 Å². The predicted octanol–water partition coefficient (Wildman–Crippen LogP) is 7.82. The molecular formula is C36H37N9O2+2. The van der Waals surface area contributed by atoms with Crippen LogP contribution in [0, 0.1) is 0 Å². The molecule has 8 N–H and O–H groups in total. The van der Waals surface area contributed by atoms with Crippen LogP contribution in [-0.2, 0) is 13.1 Å². The summed E-state index contributed by atoms with van der Waals surface area (Å²) in [7, 11) is 0. The molecule has 6 aromatic rings. The predicted molar refractivity (Wildman–Crippen MR) is 185 cm³/mol. The van der Waals surface area contributed by atoms with Crippen molar-refractivity contribution in [1.82, 2.24) is 0 Å². The number of unbranched alkanes of at least 4 members (excludes halogenated alkanes) is 3. The number of fused-ring (bicyclic) bond motifs is 2. The minimum Gasteiger partial charge on any atom is -0.506 e. The Kier molecular flexibility index (Phi) is 9.14. The van der Waals surface area contributed by atoms with Crippen LogP contribution in [0.2, 0.25) is 0 Å². The first-order chi connectivity index (χ1) is 22.9. The van der Waals surface area contributed by atoms with Crippen LogP contribution >= 0.6 is 0 Å². The van der Waals surface area contributed by atoms with Crippen LogP contribution in [0.4, 0.5) is 39.8 Å². The normalized spacial score (nSPS) is 11.7. The highest BCUT2D eigenvalue weighted by Gasteiger charge is 2.15. The second-order valence-corrected chi connectivity index (χ2v) is 11.4. The molecule has 11 heteroatoms. The zero-order valence-electron chi connectivity index (χ0n) is 25.9. The number of nitrogens with two attached hydrogens (primary N) is 3. The third kappa shape index (κ3) is 6.94. The average Bonchev–Trinajstić information content (AvgIpc) is 3.10. The van der Waals surface area contributed by atoms with Gasteiger partial charge in [0, 0.05) is 53.3 Å². The summed E-state index contributed by atoms with van der Waals surface area (Å²) in [6.45, 7) is 1.83. The Morgan fingerprint density at radius 1 is 0.511 bits per heavy atom. The number of anilines is 3. The number of benzene rings is 4. The zero-order valence-corrected chi connectivity index (χ0v) is 25.9. The molecule has 0 saturated carbocycles. The van der Waals surface area contributed by atoms with Crippen LogP contribution < -0.4 is 26.3 Å². The van der Waals surface area contributed by atoms with Gasteiger partial charge in [0.2, 0.25) is 0 Å². The molecule has 6 rings (SSSR count). The van der Waals surface area contributed by atoms with Crippen molar-refractivity contribution in [3.63, 3.8) is 0 Å². The molecule has 2 heterocycles. The van der Waals surface area contributed by atoms with Gasteiger partial charge in [-0.05, 0) is 24.3 Å². The highest BCUT2D eigenvalue weighted by Crippen LogP contribution is 2.44. The number of nitrogen functional groups attached to an aromatic ring is 3. The van der Waals surface area contributed by atoms with Gasteiger partial charge in [-0.3, -0.25) is 0 Å². The van der Waals surface area contributed by atoms with E-state index < -0.39 is 0 Å².